The first kappa shape index (κ1) is 18.1. The second-order valence-corrected chi connectivity index (χ2v) is 7.32. The van der Waals surface area contributed by atoms with Gasteiger partial charge < -0.3 is 9.26 Å². The monoisotopic (exact) mass is 373 g/mol. The minimum Gasteiger partial charge on any atom is -0.497 e. The van der Waals surface area contributed by atoms with E-state index in [4.69, 9.17) is 9.26 Å². The zero-order chi connectivity index (χ0) is 18.4. The lowest BCUT2D eigenvalue weighted by molar-refractivity contribution is 0.376. The van der Waals surface area contributed by atoms with Gasteiger partial charge in [-0.15, -0.1) is 0 Å². The van der Waals surface area contributed by atoms with Crippen molar-refractivity contribution in [1.29, 1.82) is 0 Å². The van der Waals surface area contributed by atoms with Gasteiger partial charge in [-0.1, -0.05) is 35.5 Å². The molecule has 0 fully saturated rings. The molecule has 0 atom stereocenters. The molecule has 8 heteroatoms. The van der Waals surface area contributed by atoms with Crippen LogP contribution in [0.15, 0.2) is 64.0 Å². The highest BCUT2D eigenvalue weighted by Gasteiger charge is 2.14. The van der Waals surface area contributed by atoms with Crippen LogP contribution in [-0.4, -0.2) is 32.2 Å². The zero-order valence-corrected chi connectivity index (χ0v) is 15.1. The van der Waals surface area contributed by atoms with Gasteiger partial charge in [0.05, 0.1) is 12.0 Å². The van der Waals surface area contributed by atoms with E-state index in [9.17, 15) is 8.42 Å². The minimum atomic E-state index is -3.55. The van der Waals surface area contributed by atoms with Gasteiger partial charge in [-0.3, -0.25) is 0 Å². The summed E-state index contributed by atoms with van der Waals surface area (Å²) in [4.78, 5) is 4.52. The number of nitrogens with one attached hydrogen (secondary N) is 1. The van der Waals surface area contributed by atoms with E-state index in [-0.39, 0.29) is 11.4 Å². The number of nitrogens with zero attached hydrogens (tertiary/aromatic N) is 2. The van der Waals surface area contributed by atoms with Gasteiger partial charge in [0.1, 0.15) is 5.75 Å². The second kappa shape index (κ2) is 8.11. The van der Waals surface area contributed by atoms with Gasteiger partial charge >= 0.3 is 0 Å². The van der Waals surface area contributed by atoms with Crippen LogP contribution >= 0.6 is 0 Å². The molecular formula is C18H19N3O4S. The molecule has 2 aromatic carbocycles. The summed E-state index contributed by atoms with van der Waals surface area (Å²) < 4.78 is 37.3. The number of hydrogen-bond donors (Lipinski definition) is 1. The Morgan fingerprint density at radius 2 is 1.81 bits per heavy atom. The fraction of sp³-hybridized carbons (Fsp3) is 0.222. The van der Waals surface area contributed by atoms with Crippen molar-refractivity contribution >= 4 is 10.0 Å². The highest BCUT2D eigenvalue weighted by molar-refractivity contribution is 7.89. The van der Waals surface area contributed by atoms with E-state index in [0.717, 1.165) is 5.56 Å². The molecule has 0 saturated carbocycles. The summed E-state index contributed by atoms with van der Waals surface area (Å²) in [5.74, 6) is 1.61. The molecule has 0 spiro atoms. The lowest BCUT2D eigenvalue weighted by Crippen LogP contribution is -2.25. The molecule has 3 aromatic rings. The first-order chi connectivity index (χ1) is 12.6. The minimum absolute atomic E-state index is 0.197. The zero-order valence-electron chi connectivity index (χ0n) is 14.3. The summed E-state index contributed by atoms with van der Waals surface area (Å²) in [6.45, 7) is 0.275. The predicted octanol–water partition coefficient (Wildman–Crippen LogP) is 2.66. The Hall–Kier alpha value is -2.71. The molecule has 1 heterocycles. The number of sulfonamides is 1. The third-order valence-corrected chi connectivity index (χ3v) is 5.21. The van der Waals surface area contributed by atoms with E-state index in [1.807, 2.05) is 30.3 Å². The summed E-state index contributed by atoms with van der Waals surface area (Å²) in [7, 11) is -2.02. The first-order valence-corrected chi connectivity index (χ1v) is 9.58. The summed E-state index contributed by atoms with van der Waals surface area (Å²) in [5.41, 5.74) is 0.878. The van der Waals surface area contributed by atoms with Crippen LogP contribution in [0.3, 0.4) is 0 Å². The maximum Gasteiger partial charge on any atom is 0.240 e. The van der Waals surface area contributed by atoms with Crippen molar-refractivity contribution in [1.82, 2.24) is 14.9 Å². The molecule has 1 aromatic heterocycles. The number of aryl methyl sites for hydroxylation is 1. The van der Waals surface area contributed by atoms with Gasteiger partial charge in [-0.25, -0.2) is 13.1 Å². The summed E-state index contributed by atoms with van der Waals surface area (Å²) in [6, 6.07) is 15.8. The van der Waals surface area contributed by atoms with Crippen molar-refractivity contribution in [2.75, 3.05) is 13.7 Å². The van der Waals surface area contributed by atoms with Crippen LogP contribution in [-0.2, 0) is 16.4 Å². The first-order valence-electron chi connectivity index (χ1n) is 8.10. The topological polar surface area (TPSA) is 94.3 Å². The standard InChI is InChI=1S/C18H19N3O4S/c1-24-15-9-11-16(12-10-15)26(22,23)19-13-5-8-17-20-18(21-25-17)14-6-3-2-4-7-14/h2-4,6-7,9-12,19H,5,8,13H2,1H3. The van der Waals surface area contributed by atoms with Crippen LogP contribution < -0.4 is 9.46 Å². The maximum absolute atomic E-state index is 12.2. The average Bonchev–Trinajstić information content (AvgIpc) is 3.15. The quantitative estimate of drug-likeness (QED) is 0.610. The average molecular weight is 373 g/mol. The van der Waals surface area contributed by atoms with E-state index in [2.05, 4.69) is 14.9 Å². The summed E-state index contributed by atoms with van der Waals surface area (Å²) in [6.07, 6.45) is 1.04. The largest absolute Gasteiger partial charge is 0.497 e. The molecule has 1 N–H and O–H groups in total. The van der Waals surface area contributed by atoms with Crippen molar-refractivity contribution in [2.45, 2.75) is 17.7 Å². The number of aromatic nitrogens is 2. The Kier molecular flexibility index (Phi) is 5.65. The summed E-state index contributed by atoms with van der Waals surface area (Å²) in [5, 5.41) is 3.94. The molecule has 0 unspecified atom stereocenters. The maximum atomic E-state index is 12.2. The predicted molar refractivity (Wildman–Crippen MR) is 96.2 cm³/mol. The molecule has 3 rings (SSSR count). The smallest absolute Gasteiger partial charge is 0.240 e. The number of rotatable bonds is 8. The van der Waals surface area contributed by atoms with Gasteiger partial charge in [-0.05, 0) is 30.7 Å². The molecule has 7 nitrogen and oxygen atoms in total. The van der Waals surface area contributed by atoms with Crippen LogP contribution in [0.4, 0.5) is 0 Å². The number of methoxy groups -OCH3 is 1. The van der Waals surface area contributed by atoms with Crippen LogP contribution in [0.2, 0.25) is 0 Å². The molecule has 0 radical (unpaired) electrons. The third kappa shape index (κ3) is 4.47. The lowest BCUT2D eigenvalue weighted by Gasteiger charge is -2.06. The van der Waals surface area contributed by atoms with Crippen molar-refractivity contribution in [3.8, 4) is 17.1 Å². The Balaban J connectivity index is 1.51. The van der Waals surface area contributed by atoms with Crippen molar-refractivity contribution in [3.05, 3.63) is 60.5 Å². The number of benzene rings is 2. The highest BCUT2D eigenvalue weighted by atomic mass is 32.2. The van der Waals surface area contributed by atoms with Gasteiger partial charge in [0, 0.05) is 18.5 Å². The molecule has 0 aliphatic carbocycles. The van der Waals surface area contributed by atoms with Crippen molar-refractivity contribution in [3.63, 3.8) is 0 Å². The van der Waals surface area contributed by atoms with E-state index >= 15 is 0 Å². The molecule has 0 aliphatic heterocycles. The molecule has 0 saturated heterocycles. The van der Waals surface area contributed by atoms with Gasteiger partial charge in [0.2, 0.25) is 21.7 Å². The Labute approximate surface area is 152 Å². The molecule has 0 amide bonds. The summed E-state index contributed by atoms with van der Waals surface area (Å²) >= 11 is 0. The highest BCUT2D eigenvalue weighted by Crippen LogP contribution is 2.16. The fourth-order valence-electron chi connectivity index (χ4n) is 2.35. The van der Waals surface area contributed by atoms with E-state index in [1.165, 1.54) is 19.2 Å². The van der Waals surface area contributed by atoms with Crippen LogP contribution in [0.25, 0.3) is 11.4 Å². The molecule has 0 bridgehead atoms. The fourth-order valence-corrected chi connectivity index (χ4v) is 3.42. The third-order valence-electron chi connectivity index (χ3n) is 3.73. The van der Waals surface area contributed by atoms with Gasteiger partial charge in [-0.2, -0.15) is 4.98 Å². The van der Waals surface area contributed by atoms with Crippen LogP contribution in [0.5, 0.6) is 5.75 Å². The number of ether oxygens (including phenoxy) is 1. The van der Waals surface area contributed by atoms with Crippen LogP contribution in [0.1, 0.15) is 12.3 Å². The van der Waals surface area contributed by atoms with Gasteiger partial charge in [0.15, 0.2) is 0 Å². The Bertz CT molecular complexity index is 938. The SMILES string of the molecule is COc1ccc(S(=O)(=O)NCCCc2nc(-c3ccccc3)no2)cc1. The molecular weight excluding hydrogens is 354 g/mol. The molecule has 136 valence electrons. The van der Waals surface area contributed by atoms with Crippen molar-refractivity contribution < 1.29 is 17.7 Å². The second-order valence-electron chi connectivity index (χ2n) is 5.55. The normalized spacial score (nSPS) is 11.4. The lowest BCUT2D eigenvalue weighted by atomic mass is 10.2. The number of hydrogen-bond acceptors (Lipinski definition) is 6. The van der Waals surface area contributed by atoms with Crippen LogP contribution in [0, 0.1) is 0 Å². The van der Waals surface area contributed by atoms with E-state index < -0.39 is 10.0 Å². The Morgan fingerprint density at radius 1 is 1.08 bits per heavy atom. The van der Waals surface area contributed by atoms with E-state index in [0.29, 0.717) is 30.3 Å². The molecule has 26 heavy (non-hydrogen) atoms. The molecule has 0 aliphatic rings. The van der Waals surface area contributed by atoms with E-state index in [1.54, 1.807) is 12.1 Å². The van der Waals surface area contributed by atoms with Crippen molar-refractivity contribution in [2.24, 2.45) is 0 Å². The Morgan fingerprint density at radius 3 is 2.50 bits per heavy atom. The van der Waals surface area contributed by atoms with Gasteiger partial charge in [0.25, 0.3) is 0 Å².